The third-order valence-corrected chi connectivity index (χ3v) is 5.30. The van der Waals surface area contributed by atoms with Crippen molar-refractivity contribution in [1.29, 1.82) is 0 Å². The van der Waals surface area contributed by atoms with Gasteiger partial charge in [0.15, 0.2) is 11.6 Å². The van der Waals surface area contributed by atoms with Crippen LogP contribution in [-0.2, 0) is 4.79 Å². The Balaban J connectivity index is 1.74. The van der Waals surface area contributed by atoms with Gasteiger partial charge < -0.3 is 5.73 Å². The summed E-state index contributed by atoms with van der Waals surface area (Å²) >= 11 is 1.35. The third-order valence-electron chi connectivity index (χ3n) is 4.11. The summed E-state index contributed by atoms with van der Waals surface area (Å²) in [7, 11) is 0. The van der Waals surface area contributed by atoms with Crippen LogP contribution in [0, 0.1) is 17.6 Å². The van der Waals surface area contributed by atoms with Gasteiger partial charge in [0.05, 0.1) is 0 Å². The van der Waals surface area contributed by atoms with Gasteiger partial charge in [0.2, 0.25) is 5.91 Å². The number of carbonyl (C=O) groups excluding carboxylic acids is 1. The number of amides is 1. The van der Waals surface area contributed by atoms with Crippen molar-refractivity contribution in [3.8, 4) is 0 Å². The molecule has 6 heteroatoms. The monoisotopic (exact) mass is 312 g/mol. The van der Waals surface area contributed by atoms with E-state index in [9.17, 15) is 13.6 Å². The molecule has 3 rings (SSSR count). The molecule has 2 aliphatic carbocycles. The third kappa shape index (κ3) is 3.21. The van der Waals surface area contributed by atoms with Crippen LogP contribution in [0.2, 0.25) is 0 Å². The van der Waals surface area contributed by atoms with Gasteiger partial charge >= 0.3 is 0 Å². The molecule has 0 heterocycles. The maximum absolute atomic E-state index is 13.3. The topological polar surface area (TPSA) is 55.1 Å². The summed E-state index contributed by atoms with van der Waals surface area (Å²) in [5.74, 6) is -1.36. The number of carbonyl (C=O) groups is 1. The van der Waals surface area contributed by atoms with Crippen LogP contribution in [-0.4, -0.2) is 23.2 Å². The number of nitrogens with one attached hydrogen (secondary N) is 1. The van der Waals surface area contributed by atoms with E-state index >= 15 is 0 Å². The van der Waals surface area contributed by atoms with Gasteiger partial charge in [0.25, 0.3) is 0 Å². The normalized spacial score (nSPS) is 21.0. The average Bonchev–Trinajstić information content (AvgIpc) is 3.31. The first-order valence-corrected chi connectivity index (χ1v) is 8.15. The van der Waals surface area contributed by atoms with Crippen molar-refractivity contribution in [3.05, 3.63) is 29.8 Å². The Bertz CT molecular complexity index is 561. The lowest BCUT2D eigenvalue weighted by Gasteiger charge is -2.32. The molecule has 3 nitrogen and oxygen atoms in total. The van der Waals surface area contributed by atoms with Crippen molar-refractivity contribution in [2.45, 2.75) is 42.2 Å². The standard InChI is InChI=1S/C15H18F2N2OS/c16-12-6-5-11(7-13(12)17)21-8-15(14(18)20,9-1-2-9)19-10-3-4-10/h5-7,9-10,19H,1-4,8H2,(H2,18,20). The molecule has 2 saturated carbocycles. The maximum Gasteiger partial charge on any atom is 0.238 e. The zero-order valence-electron chi connectivity index (χ0n) is 11.6. The zero-order valence-corrected chi connectivity index (χ0v) is 12.4. The summed E-state index contributed by atoms with van der Waals surface area (Å²) in [5, 5.41) is 3.40. The first kappa shape index (κ1) is 14.8. The van der Waals surface area contributed by atoms with Crippen LogP contribution >= 0.6 is 11.8 Å². The molecule has 1 amide bonds. The van der Waals surface area contributed by atoms with Gasteiger partial charge in [0.1, 0.15) is 5.54 Å². The number of rotatable bonds is 7. The van der Waals surface area contributed by atoms with E-state index in [2.05, 4.69) is 5.32 Å². The van der Waals surface area contributed by atoms with Crippen LogP contribution in [0.15, 0.2) is 23.1 Å². The lowest BCUT2D eigenvalue weighted by molar-refractivity contribution is -0.124. The van der Waals surface area contributed by atoms with E-state index in [1.165, 1.54) is 17.8 Å². The van der Waals surface area contributed by atoms with E-state index < -0.39 is 17.2 Å². The second kappa shape index (κ2) is 5.57. The summed E-state index contributed by atoms with van der Waals surface area (Å²) in [4.78, 5) is 12.6. The van der Waals surface area contributed by atoms with E-state index in [4.69, 9.17) is 5.73 Å². The lowest BCUT2D eigenvalue weighted by Crippen LogP contribution is -2.60. The summed E-state index contributed by atoms with van der Waals surface area (Å²) in [6.45, 7) is 0. The smallest absolute Gasteiger partial charge is 0.238 e. The fourth-order valence-electron chi connectivity index (χ4n) is 2.55. The van der Waals surface area contributed by atoms with Gasteiger partial charge in [-0.15, -0.1) is 11.8 Å². The fourth-order valence-corrected chi connectivity index (χ4v) is 3.76. The minimum absolute atomic E-state index is 0.258. The molecule has 0 spiro atoms. The Hall–Kier alpha value is -1.14. The summed E-state index contributed by atoms with van der Waals surface area (Å²) in [6, 6.07) is 4.16. The minimum Gasteiger partial charge on any atom is -0.368 e. The van der Waals surface area contributed by atoms with Crippen molar-refractivity contribution < 1.29 is 13.6 Å². The number of hydrogen-bond acceptors (Lipinski definition) is 3. The second-order valence-electron chi connectivity index (χ2n) is 5.89. The number of primary amides is 1. The highest BCUT2D eigenvalue weighted by atomic mass is 32.2. The van der Waals surface area contributed by atoms with E-state index in [-0.39, 0.29) is 11.8 Å². The molecule has 21 heavy (non-hydrogen) atoms. The van der Waals surface area contributed by atoms with Crippen LogP contribution in [0.3, 0.4) is 0 Å². The molecule has 2 aliphatic rings. The Morgan fingerprint density at radius 1 is 1.29 bits per heavy atom. The number of hydrogen-bond donors (Lipinski definition) is 2. The average molecular weight is 312 g/mol. The van der Waals surface area contributed by atoms with E-state index in [0.717, 1.165) is 37.8 Å². The van der Waals surface area contributed by atoms with Gasteiger partial charge in [-0.25, -0.2) is 8.78 Å². The van der Waals surface area contributed by atoms with Gasteiger partial charge in [-0.3, -0.25) is 10.1 Å². The quantitative estimate of drug-likeness (QED) is 0.760. The number of halogens is 2. The largest absolute Gasteiger partial charge is 0.368 e. The van der Waals surface area contributed by atoms with Gasteiger partial charge in [-0.05, 0) is 49.8 Å². The fraction of sp³-hybridized carbons (Fsp3) is 0.533. The molecule has 0 bridgehead atoms. The van der Waals surface area contributed by atoms with Crippen molar-refractivity contribution in [2.24, 2.45) is 11.7 Å². The second-order valence-corrected chi connectivity index (χ2v) is 6.94. The molecule has 0 aliphatic heterocycles. The predicted octanol–water partition coefficient (Wildman–Crippen LogP) is 2.44. The van der Waals surface area contributed by atoms with Crippen molar-refractivity contribution in [3.63, 3.8) is 0 Å². The van der Waals surface area contributed by atoms with Gasteiger partial charge in [0, 0.05) is 16.7 Å². The SMILES string of the molecule is NC(=O)C(CSc1ccc(F)c(F)c1)(NC1CC1)C1CC1. The summed E-state index contributed by atoms with van der Waals surface area (Å²) in [5.41, 5.74) is 4.93. The van der Waals surface area contributed by atoms with Crippen LogP contribution in [0.1, 0.15) is 25.7 Å². The minimum atomic E-state index is -0.869. The van der Waals surface area contributed by atoms with Gasteiger partial charge in [-0.1, -0.05) is 0 Å². The first-order chi connectivity index (χ1) is 10.0. The zero-order chi connectivity index (χ0) is 15.0. The first-order valence-electron chi connectivity index (χ1n) is 7.17. The number of nitrogens with two attached hydrogens (primary N) is 1. The van der Waals surface area contributed by atoms with Crippen molar-refractivity contribution >= 4 is 17.7 Å². The lowest BCUT2D eigenvalue weighted by atomic mass is 9.94. The highest BCUT2D eigenvalue weighted by Gasteiger charge is 2.51. The van der Waals surface area contributed by atoms with E-state index in [1.807, 2.05) is 0 Å². The number of benzene rings is 1. The van der Waals surface area contributed by atoms with Gasteiger partial charge in [-0.2, -0.15) is 0 Å². The molecular formula is C15H18F2N2OS. The molecule has 0 aromatic heterocycles. The summed E-state index contributed by atoms with van der Waals surface area (Å²) < 4.78 is 26.2. The Kier molecular flexibility index (Phi) is 3.92. The molecule has 1 aromatic rings. The molecular weight excluding hydrogens is 294 g/mol. The molecule has 114 valence electrons. The molecule has 2 fully saturated rings. The van der Waals surface area contributed by atoms with Crippen LogP contribution in [0.4, 0.5) is 8.78 Å². The molecule has 1 unspecified atom stereocenters. The van der Waals surface area contributed by atoms with Crippen LogP contribution in [0.25, 0.3) is 0 Å². The predicted molar refractivity (Wildman–Crippen MR) is 77.9 cm³/mol. The van der Waals surface area contributed by atoms with Crippen LogP contribution in [0.5, 0.6) is 0 Å². The van der Waals surface area contributed by atoms with E-state index in [1.54, 1.807) is 0 Å². The van der Waals surface area contributed by atoms with E-state index in [0.29, 0.717) is 16.7 Å². The maximum atomic E-state index is 13.3. The Labute approximate surface area is 126 Å². The molecule has 0 radical (unpaired) electrons. The molecule has 1 aromatic carbocycles. The number of thioether (sulfide) groups is 1. The summed E-state index contributed by atoms with van der Waals surface area (Å²) in [6.07, 6.45) is 4.11. The molecule has 3 N–H and O–H groups in total. The highest BCUT2D eigenvalue weighted by Crippen LogP contribution is 2.44. The Morgan fingerprint density at radius 3 is 2.52 bits per heavy atom. The highest BCUT2D eigenvalue weighted by molar-refractivity contribution is 7.99. The van der Waals surface area contributed by atoms with Crippen LogP contribution < -0.4 is 11.1 Å². The van der Waals surface area contributed by atoms with Crippen molar-refractivity contribution in [2.75, 3.05) is 5.75 Å². The molecule has 0 saturated heterocycles. The van der Waals surface area contributed by atoms with Crippen molar-refractivity contribution in [1.82, 2.24) is 5.32 Å². The molecule has 1 atom stereocenters. The Morgan fingerprint density at radius 2 is 2.00 bits per heavy atom.